The van der Waals surface area contributed by atoms with Crippen LogP contribution in [0.4, 0.5) is 0 Å². The van der Waals surface area contributed by atoms with Gasteiger partial charge in [0.15, 0.2) is 0 Å². The second-order valence-corrected chi connectivity index (χ2v) is 12.9. The standard InChI is InChI=1S/C29H39P.CO.CH3.Ru/c1-4-12-23(13-5-1)29(28-21-20-24-14-10-11-19-27(24)28)22-30(25-15-6-2-7-16-25)26-17-8-3-9-18-26;1-2;;/h2-3,6-9,15-18,23-24,27-29H,1,4-5,10-14,19-22H2;;1H3;/q;2*-1;+2/p+1/t24?,27?,28?,29-;;;/m1.../s1. The first-order chi connectivity index (χ1) is 15.9. The summed E-state index contributed by atoms with van der Waals surface area (Å²) < 4.78 is 0. The van der Waals surface area contributed by atoms with Gasteiger partial charge in [-0.25, -0.2) is 0 Å². The zero-order valence-electron chi connectivity index (χ0n) is 20.9. The Balaban J connectivity index is 0.000000995. The summed E-state index contributed by atoms with van der Waals surface area (Å²) in [6.45, 7) is 4.50. The van der Waals surface area contributed by atoms with Crippen LogP contribution in [0.5, 0.6) is 0 Å². The van der Waals surface area contributed by atoms with E-state index in [0.717, 1.165) is 29.6 Å². The van der Waals surface area contributed by atoms with Gasteiger partial charge in [-0.1, -0.05) is 87.8 Å². The van der Waals surface area contributed by atoms with E-state index in [9.17, 15) is 0 Å². The Hall–Kier alpha value is -0.837. The summed E-state index contributed by atoms with van der Waals surface area (Å²) >= 11 is 0. The number of fused-ring (bicyclic) bond motifs is 1. The number of carbonyl (C=O) groups excluding carboxylic acids is 1. The number of hydrogen-bond donors (Lipinski definition) is 0. The molecule has 0 aromatic heterocycles. The van der Waals surface area contributed by atoms with Crippen molar-refractivity contribution in [3.05, 3.63) is 68.1 Å². The quantitative estimate of drug-likeness (QED) is 0.205. The van der Waals surface area contributed by atoms with Crippen LogP contribution in [0.15, 0.2) is 60.7 Å². The maximum absolute atomic E-state index is 7.50. The molecule has 0 bridgehead atoms. The van der Waals surface area contributed by atoms with Gasteiger partial charge in [0.1, 0.15) is 0 Å². The minimum Gasteiger partial charge on any atom is -0.573 e. The van der Waals surface area contributed by atoms with E-state index in [1.165, 1.54) is 76.8 Å². The average Bonchev–Trinajstić information content (AvgIpc) is 3.31. The van der Waals surface area contributed by atoms with Gasteiger partial charge in [-0.3, -0.25) is 0 Å². The second-order valence-electron chi connectivity index (χ2n) is 10.4. The molecule has 3 aliphatic rings. The van der Waals surface area contributed by atoms with Crippen LogP contribution in [0.2, 0.25) is 0 Å². The molecule has 1 nitrogen and oxygen atoms in total. The first kappa shape index (κ1) is 29.4. The molecule has 0 N–H and O–H groups in total. The monoisotopic (exact) mass is 564 g/mol. The molecular formula is C31H43OPRu+. The molecular weight excluding hydrogens is 520 g/mol. The van der Waals surface area contributed by atoms with Crippen LogP contribution in [0.1, 0.15) is 70.6 Å². The minimum atomic E-state index is -0.720. The fourth-order valence-corrected chi connectivity index (χ4v) is 10.6. The third-order valence-corrected chi connectivity index (χ3v) is 11.8. The van der Waals surface area contributed by atoms with Gasteiger partial charge in [-0.2, -0.15) is 0 Å². The van der Waals surface area contributed by atoms with Gasteiger partial charge in [-0.15, -0.1) is 0 Å². The van der Waals surface area contributed by atoms with Crippen LogP contribution in [0.3, 0.4) is 0 Å². The van der Waals surface area contributed by atoms with Crippen molar-refractivity contribution >= 4 is 25.3 Å². The molecule has 0 amide bonds. The summed E-state index contributed by atoms with van der Waals surface area (Å²) in [5.41, 5.74) is 0. The molecule has 3 saturated carbocycles. The molecule has 0 spiro atoms. The van der Waals surface area contributed by atoms with Crippen molar-refractivity contribution in [2.24, 2.45) is 29.6 Å². The SMILES string of the molecule is [C-]=O.[CH3-].[Ru+2].c1ccc([PH+](C[C@H](C2CCCCC2)C2CCC3CCCCC32)c2ccccc2)cc1. The summed E-state index contributed by atoms with van der Waals surface area (Å²) in [5.74, 6) is 5.11. The molecule has 3 unspecified atom stereocenters. The number of hydrogen-bond acceptors (Lipinski definition) is 1. The van der Waals surface area contributed by atoms with Crippen molar-refractivity contribution in [1.29, 1.82) is 0 Å². The Morgan fingerprint density at radius 2 is 1.24 bits per heavy atom. The normalized spacial score (nSPS) is 25.1. The van der Waals surface area contributed by atoms with Gasteiger partial charge >= 0.3 is 19.5 Å². The molecule has 0 aliphatic heterocycles. The fraction of sp³-hybridized carbons (Fsp3) is 0.548. The van der Waals surface area contributed by atoms with E-state index in [2.05, 4.69) is 67.5 Å². The third-order valence-electron chi connectivity index (χ3n) is 8.88. The molecule has 5 rings (SSSR count). The van der Waals surface area contributed by atoms with Crippen LogP contribution in [-0.2, 0) is 24.3 Å². The molecule has 4 atom stereocenters. The smallest absolute Gasteiger partial charge is 0.573 e. The van der Waals surface area contributed by atoms with E-state index in [1.54, 1.807) is 10.6 Å². The first-order valence-corrected chi connectivity index (χ1v) is 14.8. The van der Waals surface area contributed by atoms with E-state index in [-0.39, 0.29) is 26.9 Å². The Bertz CT molecular complexity index is 752. The van der Waals surface area contributed by atoms with Crippen LogP contribution in [0.25, 0.3) is 0 Å². The molecule has 2 aromatic carbocycles. The van der Waals surface area contributed by atoms with E-state index in [0.29, 0.717) is 0 Å². The fourth-order valence-electron chi connectivity index (χ4n) is 7.46. The van der Waals surface area contributed by atoms with E-state index < -0.39 is 7.92 Å². The molecule has 185 valence electrons. The van der Waals surface area contributed by atoms with Gasteiger partial charge in [0, 0.05) is 0 Å². The van der Waals surface area contributed by atoms with Crippen molar-refractivity contribution in [3.63, 3.8) is 0 Å². The van der Waals surface area contributed by atoms with Gasteiger partial charge in [0.25, 0.3) is 0 Å². The Morgan fingerprint density at radius 3 is 1.82 bits per heavy atom. The zero-order chi connectivity index (χ0) is 22.2. The zero-order valence-corrected chi connectivity index (χ0v) is 23.6. The molecule has 0 heterocycles. The van der Waals surface area contributed by atoms with E-state index in [1.807, 2.05) is 0 Å². The van der Waals surface area contributed by atoms with Crippen LogP contribution in [0, 0.1) is 37.0 Å². The van der Waals surface area contributed by atoms with Crippen molar-refractivity contribution < 1.29 is 24.3 Å². The molecule has 3 heteroatoms. The van der Waals surface area contributed by atoms with Crippen molar-refractivity contribution in [2.75, 3.05) is 6.16 Å². The van der Waals surface area contributed by atoms with Crippen molar-refractivity contribution in [2.45, 2.75) is 70.6 Å². The molecule has 2 aromatic rings. The van der Waals surface area contributed by atoms with Crippen molar-refractivity contribution in [3.8, 4) is 0 Å². The first-order valence-electron chi connectivity index (χ1n) is 13.1. The molecule has 34 heavy (non-hydrogen) atoms. The maximum Gasteiger partial charge on any atom is 2.00 e. The topological polar surface area (TPSA) is 17.1 Å². The summed E-state index contributed by atoms with van der Waals surface area (Å²) in [6.07, 6.45) is 18.1. The van der Waals surface area contributed by atoms with Gasteiger partial charge in [0.05, 0.1) is 24.7 Å². The van der Waals surface area contributed by atoms with Crippen LogP contribution in [-0.4, -0.2) is 13.0 Å². The molecule has 3 fully saturated rings. The van der Waals surface area contributed by atoms with Gasteiger partial charge in [0.2, 0.25) is 0 Å². The van der Waals surface area contributed by atoms with E-state index in [4.69, 9.17) is 4.79 Å². The van der Waals surface area contributed by atoms with E-state index >= 15 is 0 Å². The molecule has 3 aliphatic carbocycles. The van der Waals surface area contributed by atoms with Gasteiger partial charge < -0.3 is 19.0 Å². The molecule has 0 saturated heterocycles. The second kappa shape index (κ2) is 15.3. The Labute approximate surface area is 223 Å². The largest absolute Gasteiger partial charge is 2.00 e. The predicted octanol–water partition coefficient (Wildman–Crippen LogP) is 7.32. The Morgan fingerprint density at radius 1 is 0.706 bits per heavy atom. The van der Waals surface area contributed by atoms with Crippen LogP contribution >= 0.6 is 7.92 Å². The minimum absolute atomic E-state index is 0. The number of rotatable bonds is 6. The maximum atomic E-state index is 7.50. The molecule has 1 radical (unpaired) electrons. The summed E-state index contributed by atoms with van der Waals surface area (Å²) in [5, 5.41) is 3.26. The Kier molecular flexibility index (Phi) is 13.2. The summed E-state index contributed by atoms with van der Waals surface area (Å²) in [4.78, 5) is 7.50. The summed E-state index contributed by atoms with van der Waals surface area (Å²) in [6, 6.07) is 23.2. The predicted molar refractivity (Wildman–Crippen MR) is 146 cm³/mol. The summed E-state index contributed by atoms with van der Waals surface area (Å²) in [7, 11) is -0.720. The van der Waals surface area contributed by atoms with Gasteiger partial charge in [-0.05, 0) is 73.1 Å². The van der Waals surface area contributed by atoms with Crippen molar-refractivity contribution in [1.82, 2.24) is 0 Å². The van der Waals surface area contributed by atoms with Crippen LogP contribution < -0.4 is 10.6 Å². The number of benzene rings is 2. The average molecular weight is 564 g/mol. The third kappa shape index (κ3) is 7.11.